The van der Waals surface area contributed by atoms with Crippen LogP contribution in [0.15, 0.2) is 29.2 Å². The molecule has 0 radical (unpaired) electrons. The SMILES string of the molecule is CN1CCC(CNS(=O)(=O)c2cccc(C(F)(F)F)c2)CC1. The lowest BCUT2D eigenvalue weighted by atomic mass is 9.98. The van der Waals surface area contributed by atoms with Gasteiger partial charge in [0.2, 0.25) is 10.0 Å². The van der Waals surface area contributed by atoms with Gasteiger partial charge in [0, 0.05) is 6.54 Å². The van der Waals surface area contributed by atoms with Gasteiger partial charge < -0.3 is 4.90 Å². The number of rotatable bonds is 4. The van der Waals surface area contributed by atoms with Gasteiger partial charge in [-0.25, -0.2) is 13.1 Å². The van der Waals surface area contributed by atoms with Crippen LogP contribution in [0.2, 0.25) is 0 Å². The van der Waals surface area contributed by atoms with Crippen LogP contribution >= 0.6 is 0 Å². The lowest BCUT2D eigenvalue weighted by molar-refractivity contribution is -0.137. The molecule has 1 aromatic carbocycles. The van der Waals surface area contributed by atoms with Crippen molar-refractivity contribution in [3.63, 3.8) is 0 Å². The fraction of sp³-hybridized carbons (Fsp3) is 0.571. The Morgan fingerprint density at radius 3 is 2.50 bits per heavy atom. The zero-order valence-electron chi connectivity index (χ0n) is 12.2. The maximum Gasteiger partial charge on any atom is 0.416 e. The Kier molecular flexibility index (Phi) is 5.14. The first-order chi connectivity index (χ1) is 10.2. The van der Waals surface area contributed by atoms with E-state index in [1.807, 2.05) is 7.05 Å². The first-order valence-electron chi connectivity index (χ1n) is 7.04. The summed E-state index contributed by atoms with van der Waals surface area (Å²) in [5.74, 6) is 0.219. The minimum atomic E-state index is -4.56. The second-order valence-corrected chi connectivity index (χ2v) is 7.39. The van der Waals surface area contributed by atoms with E-state index in [1.54, 1.807) is 0 Å². The second kappa shape index (κ2) is 6.55. The molecule has 0 aromatic heterocycles. The largest absolute Gasteiger partial charge is 0.416 e. The lowest BCUT2D eigenvalue weighted by Gasteiger charge is -2.28. The number of benzene rings is 1. The highest BCUT2D eigenvalue weighted by Crippen LogP contribution is 2.30. The molecule has 2 rings (SSSR count). The van der Waals surface area contributed by atoms with Gasteiger partial charge in [-0.1, -0.05) is 6.07 Å². The van der Waals surface area contributed by atoms with Crippen LogP contribution in [-0.4, -0.2) is 40.0 Å². The Hall–Kier alpha value is -1.12. The van der Waals surface area contributed by atoms with Crippen LogP contribution in [0.5, 0.6) is 0 Å². The molecule has 4 nitrogen and oxygen atoms in total. The number of sulfonamides is 1. The van der Waals surface area contributed by atoms with Crippen molar-refractivity contribution in [2.75, 3.05) is 26.7 Å². The summed E-state index contributed by atoms with van der Waals surface area (Å²) in [7, 11) is -1.92. The number of piperidine rings is 1. The molecule has 0 saturated carbocycles. The molecular formula is C14H19F3N2O2S. The van der Waals surface area contributed by atoms with Crippen LogP contribution in [0.1, 0.15) is 18.4 Å². The summed E-state index contributed by atoms with van der Waals surface area (Å²) in [4.78, 5) is 1.81. The van der Waals surface area contributed by atoms with Crippen LogP contribution in [0.3, 0.4) is 0 Å². The van der Waals surface area contributed by atoms with Crippen molar-refractivity contribution < 1.29 is 21.6 Å². The molecule has 0 spiro atoms. The third kappa shape index (κ3) is 4.44. The predicted molar refractivity (Wildman–Crippen MR) is 76.9 cm³/mol. The third-order valence-corrected chi connectivity index (χ3v) is 5.29. The Morgan fingerprint density at radius 1 is 1.27 bits per heavy atom. The van der Waals surface area contributed by atoms with E-state index in [1.165, 1.54) is 6.07 Å². The smallest absolute Gasteiger partial charge is 0.306 e. The minimum absolute atomic E-state index is 0.219. The highest BCUT2D eigenvalue weighted by atomic mass is 32.2. The molecule has 1 heterocycles. The molecule has 0 amide bonds. The highest BCUT2D eigenvalue weighted by Gasteiger charge is 2.31. The summed E-state index contributed by atoms with van der Waals surface area (Å²) in [6.07, 6.45) is -2.80. The summed E-state index contributed by atoms with van der Waals surface area (Å²) in [5, 5.41) is 0. The van der Waals surface area contributed by atoms with Crippen LogP contribution in [0, 0.1) is 5.92 Å². The summed E-state index contributed by atoms with van der Waals surface area (Å²) >= 11 is 0. The number of halogens is 3. The Labute approximate surface area is 128 Å². The average Bonchev–Trinajstić information content (AvgIpc) is 2.46. The van der Waals surface area contributed by atoms with Gasteiger partial charge >= 0.3 is 6.18 Å². The van der Waals surface area contributed by atoms with Gasteiger partial charge in [0.15, 0.2) is 0 Å². The molecule has 1 aliphatic rings. The number of hydrogen-bond acceptors (Lipinski definition) is 3. The van der Waals surface area contributed by atoms with Crippen molar-refractivity contribution in [3.8, 4) is 0 Å². The quantitative estimate of drug-likeness (QED) is 0.918. The maximum atomic E-state index is 12.6. The minimum Gasteiger partial charge on any atom is -0.306 e. The van der Waals surface area contributed by atoms with Gasteiger partial charge in [-0.2, -0.15) is 13.2 Å². The van der Waals surface area contributed by atoms with Crippen molar-refractivity contribution in [1.82, 2.24) is 9.62 Å². The van der Waals surface area contributed by atoms with Crippen molar-refractivity contribution in [3.05, 3.63) is 29.8 Å². The van der Waals surface area contributed by atoms with Gasteiger partial charge in [-0.15, -0.1) is 0 Å². The van der Waals surface area contributed by atoms with Gasteiger partial charge in [0.1, 0.15) is 0 Å². The predicted octanol–water partition coefficient (Wildman–Crippen LogP) is 2.33. The third-order valence-electron chi connectivity index (χ3n) is 3.87. The monoisotopic (exact) mass is 336 g/mol. The van der Waals surface area contributed by atoms with E-state index in [9.17, 15) is 21.6 Å². The molecule has 22 heavy (non-hydrogen) atoms. The normalized spacial score (nSPS) is 18.5. The number of nitrogens with zero attached hydrogens (tertiary/aromatic N) is 1. The number of nitrogens with one attached hydrogen (secondary N) is 1. The van der Waals surface area contributed by atoms with E-state index >= 15 is 0 Å². The van der Waals surface area contributed by atoms with Crippen molar-refractivity contribution in [2.24, 2.45) is 5.92 Å². The maximum absolute atomic E-state index is 12.6. The molecule has 0 unspecified atom stereocenters. The van der Waals surface area contributed by atoms with E-state index in [-0.39, 0.29) is 17.4 Å². The summed E-state index contributed by atoms with van der Waals surface area (Å²) in [6.45, 7) is 2.05. The van der Waals surface area contributed by atoms with Gasteiger partial charge in [-0.3, -0.25) is 0 Å². The molecule has 1 fully saturated rings. The summed E-state index contributed by atoms with van der Waals surface area (Å²) in [6, 6.07) is 3.80. The van der Waals surface area contributed by atoms with E-state index < -0.39 is 21.8 Å². The van der Waals surface area contributed by atoms with Crippen LogP contribution in [-0.2, 0) is 16.2 Å². The molecule has 0 aliphatic carbocycles. The molecule has 124 valence electrons. The lowest BCUT2D eigenvalue weighted by Crippen LogP contribution is -2.36. The van der Waals surface area contributed by atoms with Crippen molar-refractivity contribution in [2.45, 2.75) is 23.9 Å². The molecular weight excluding hydrogens is 317 g/mol. The number of alkyl halides is 3. The molecule has 1 aliphatic heterocycles. The standard InChI is InChI=1S/C14H19F3N2O2S/c1-19-7-5-11(6-8-19)10-18-22(20,21)13-4-2-3-12(9-13)14(15,16)17/h2-4,9,11,18H,5-8,10H2,1H3. The van der Waals surface area contributed by atoms with E-state index in [0.717, 1.165) is 38.1 Å². The Bertz CT molecular complexity index is 609. The fourth-order valence-electron chi connectivity index (χ4n) is 2.42. The Morgan fingerprint density at radius 2 is 1.91 bits per heavy atom. The summed E-state index contributed by atoms with van der Waals surface area (Å²) < 4.78 is 64.6. The molecule has 0 bridgehead atoms. The van der Waals surface area contributed by atoms with Crippen LogP contribution < -0.4 is 4.72 Å². The van der Waals surface area contributed by atoms with Crippen molar-refractivity contribution >= 4 is 10.0 Å². The Balaban J connectivity index is 2.04. The van der Waals surface area contributed by atoms with E-state index in [4.69, 9.17) is 0 Å². The van der Waals surface area contributed by atoms with Crippen LogP contribution in [0.25, 0.3) is 0 Å². The number of hydrogen-bond donors (Lipinski definition) is 1. The first-order valence-corrected chi connectivity index (χ1v) is 8.52. The summed E-state index contributed by atoms with van der Waals surface area (Å²) in [5.41, 5.74) is -0.963. The fourth-order valence-corrected chi connectivity index (χ4v) is 3.58. The zero-order chi connectivity index (χ0) is 16.4. The average molecular weight is 336 g/mol. The molecule has 1 aromatic rings. The van der Waals surface area contributed by atoms with Crippen molar-refractivity contribution in [1.29, 1.82) is 0 Å². The zero-order valence-corrected chi connectivity index (χ0v) is 13.0. The molecule has 8 heteroatoms. The first kappa shape index (κ1) is 17.2. The molecule has 0 atom stereocenters. The second-order valence-electron chi connectivity index (χ2n) is 5.62. The van der Waals surface area contributed by atoms with Gasteiger partial charge in [0.05, 0.1) is 10.5 Å². The van der Waals surface area contributed by atoms with Gasteiger partial charge in [0.25, 0.3) is 0 Å². The topological polar surface area (TPSA) is 49.4 Å². The van der Waals surface area contributed by atoms with Crippen LogP contribution in [0.4, 0.5) is 13.2 Å². The van der Waals surface area contributed by atoms with E-state index in [2.05, 4.69) is 9.62 Å². The van der Waals surface area contributed by atoms with E-state index in [0.29, 0.717) is 6.07 Å². The number of likely N-dealkylation sites (tertiary alicyclic amines) is 1. The highest BCUT2D eigenvalue weighted by molar-refractivity contribution is 7.89. The molecule has 1 saturated heterocycles. The molecule has 1 N–H and O–H groups in total. The van der Waals surface area contributed by atoms with Gasteiger partial charge in [-0.05, 0) is 57.1 Å².